The summed E-state index contributed by atoms with van der Waals surface area (Å²) in [4.78, 5) is 55.2. The molecular weight excluding hydrogens is 699 g/mol. The standard InChI is InChI=1S/C38H53N3O9Si2/c1-22-20-41(35(45)40-32(22)42)33-28(39-36(46)47-21-27-25-18-14-12-16-23(25)24-17-13-15-19-26(24)27)29(49-51(8,9)37(2,3)4)30(31(48-33)34(43)44)50-52(10,11)38(5,6)7/h12-20,27-31,33H,21H2,1-11H3,(H,39,46)(H,43,44)(H,40,42,45)/t28-,29-,30+,31+,33-/m1/s1. The van der Waals surface area contributed by atoms with E-state index in [0.717, 1.165) is 26.8 Å². The molecule has 1 amide bonds. The molecule has 0 radical (unpaired) electrons. The van der Waals surface area contributed by atoms with Crippen LogP contribution in [-0.4, -0.2) is 74.3 Å². The first-order chi connectivity index (χ1) is 24.0. The lowest BCUT2D eigenvalue weighted by Crippen LogP contribution is -2.69. The molecule has 0 spiro atoms. The summed E-state index contributed by atoms with van der Waals surface area (Å²) in [6.45, 7) is 21.9. The minimum absolute atomic E-state index is 0.0191. The smallest absolute Gasteiger partial charge is 0.407 e. The number of ether oxygens (including phenoxy) is 2. The van der Waals surface area contributed by atoms with Crippen LogP contribution in [0.25, 0.3) is 11.1 Å². The topological polar surface area (TPSA) is 158 Å². The summed E-state index contributed by atoms with van der Waals surface area (Å²) >= 11 is 0. The molecule has 282 valence electrons. The van der Waals surface area contributed by atoms with Gasteiger partial charge in [0.1, 0.15) is 18.8 Å². The quantitative estimate of drug-likeness (QED) is 0.207. The number of aromatic nitrogens is 2. The average Bonchev–Trinajstić information content (AvgIpc) is 3.35. The number of carbonyl (C=O) groups is 2. The molecule has 1 aliphatic heterocycles. The predicted octanol–water partition coefficient (Wildman–Crippen LogP) is 6.52. The molecule has 1 aliphatic carbocycles. The van der Waals surface area contributed by atoms with Gasteiger partial charge in [-0.25, -0.2) is 14.4 Å². The van der Waals surface area contributed by atoms with Gasteiger partial charge in [-0.15, -0.1) is 0 Å². The number of alkyl carbamates (subject to hydrolysis) is 1. The van der Waals surface area contributed by atoms with Crippen molar-refractivity contribution >= 4 is 28.7 Å². The lowest BCUT2D eigenvalue weighted by atomic mass is 9.95. The van der Waals surface area contributed by atoms with Gasteiger partial charge in [0.2, 0.25) is 0 Å². The van der Waals surface area contributed by atoms with Crippen molar-refractivity contribution in [2.24, 2.45) is 0 Å². The Hall–Kier alpha value is -3.83. The fraction of sp³-hybridized carbons (Fsp3) is 0.526. The van der Waals surface area contributed by atoms with Crippen molar-refractivity contribution in [3.8, 4) is 11.1 Å². The Bertz CT molecular complexity index is 1900. The molecule has 2 aromatic carbocycles. The van der Waals surface area contributed by atoms with Crippen molar-refractivity contribution in [2.75, 3.05) is 6.61 Å². The number of aromatic amines is 1. The third-order valence-corrected chi connectivity index (χ3v) is 20.3. The van der Waals surface area contributed by atoms with Crippen molar-refractivity contribution in [3.63, 3.8) is 0 Å². The SMILES string of the molecule is Cc1cn([C@@H]2O[C@H](C(=O)O)[C@@H](O[Si](C)(C)C(C)(C)C)[C@H](O[Si](C)(C)C(C)(C)C)[C@H]2NC(=O)OCC2c3ccccc3-c3ccccc32)c(=O)[nH]c1=O. The van der Waals surface area contributed by atoms with Crippen molar-refractivity contribution in [1.29, 1.82) is 0 Å². The number of carbonyl (C=O) groups excluding carboxylic acids is 1. The van der Waals surface area contributed by atoms with Crippen molar-refractivity contribution < 1.29 is 33.0 Å². The van der Waals surface area contributed by atoms with Crippen LogP contribution >= 0.6 is 0 Å². The first-order valence-electron chi connectivity index (χ1n) is 17.7. The van der Waals surface area contributed by atoms with Crippen LogP contribution in [-0.2, 0) is 23.1 Å². The number of benzene rings is 2. The van der Waals surface area contributed by atoms with Gasteiger partial charge in [0.05, 0.1) is 6.10 Å². The molecule has 12 nitrogen and oxygen atoms in total. The lowest BCUT2D eigenvalue weighted by molar-refractivity contribution is -0.211. The number of carboxylic acids is 1. The number of nitrogens with zero attached hydrogens (tertiary/aromatic N) is 1. The molecular formula is C38H53N3O9Si2. The number of hydrogen-bond donors (Lipinski definition) is 3. The molecule has 1 saturated heterocycles. The molecule has 1 fully saturated rings. The largest absolute Gasteiger partial charge is 0.479 e. The van der Waals surface area contributed by atoms with Crippen LogP contribution in [0, 0.1) is 6.92 Å². The van der Waals surface area contributed by atoms with Gasteiger partial charge in [0.25, 0.3) is 5.56 Å². The number of aryl methyl sites for hydroxylation is 1. The highest BCUT2D eigenvalue weighted by atomic mass is 28.4. The van der Waals surface area contributed by atoms with Crippen LogP contribution in [0.1, 0.15) is 70.4 Å². The molecule has 52 heavy (non-hydrogen) atoms. The fourth-order valence-electron chi connectivity index (χ4n) is 6.30. The predicted molar refractivity (Wildman–Crippen MR) is 204 cm³/mol. The van der Waals surface area contributed by atoms with Gasteiger partial charge in [0.15, 0.2) is 29.0 Å². The third-order valence-electron chi connectivity index (χ3n) is 11.3. The molecule has 3 aromatic rings. The van der Waals surface area contributed by atoms with E-state index in [1.54, 1.807) is 0 Å². The molecule has 1 aromatic heterocycles. The molecule has 0 saturated carbocycles. The highest BCUT2D eigenvalue weighted by molar-refractivity contribution is 6.74. The van der Waals surface area contributed by atoms with E-state index in [1.807, 2.05) is 95.5 Å². The zero-order chi connectivity index (χ0) is 38.6. The maximum atomic E-state index is 14.0. The van der Waals surface area contributed by atoms with Crippen LogP contribution in [0.5, 0.6) is 0 Å². The average molecular weight is 752 g/mol. The van der Waals surface area contributed by atoms with Crippen LogP contribution in [0.3, 0.4) is 0 Å². The van der Waals surface area contributed by atoms with E-state index in [-0.39, 0.29) is 28.2 Å². The van der Waals surface area contributed by atoms with Crippen LogP contribution in [0.2, 0.25) is 36.3 Å². The normalized spacial score (nSPS) is 22.4. The van der Waals surface area contributed by atoms with E-state index in [0.29, 0.717) is 0 Å². The monoisotopic (exact) mass is 751 g/mol. The number of nitrogens with one attached hydrogen (secondary N) is 2. The molecule has 14 heteroatoms. The summed E-state index contributed by atoms with van der Waals surface area (Å²) in [7, 11) is -5.46. The number of rotatable bonds is 9. The second-order valence-electron chi connectivity index (χ2n) is 16.9. The summed E-state index contributed by atoms with van der Waals surface area (Å²) < 4.78 is 27.3. The first-order valence-corrected chi connectivity index (χ1v) is 23.5. The van der Waals surface area contributed by atoms with E-state index < -0.39 is 70.5 Å². The Morgan fingerprint density at radius 2 is 1.37 bits per heavy atom. The van der Waals surface area contributed by atoms with Crippen molar-refractivity contribution in [3.05, 3.63) is 92.3 Å². The summed E-state index contributed by atoms with van der Waals surface area (Å²) in [6, 6.07) is 14.8. The minimum atomic E-state index is -2.75. The lowest BCUT2D eigenvalue weighted by Gasteiger charge is -2.52. The minimum Gasteiger partial charge on any atom is -0.479 e. The second kappa shape index (κ2) is 14.2. The van der Waals surface area contributed by atoms with E-state index >= 15 is 0 Å². The fourth-order valence-corrected chi connectivity index (χ4v) is 8.90. The zero-order valence-electron chi connectivity index (χ0n) is 32.0. The van der Waals surface area contributed by atoms with Gasteiger partial charge in [-0.05, 0) is 65.4 Å². The van der Waals surface area contributed by atoms with E-state index in [9.17, 15) is 24.3 Å². The van der Waals surface area contributed by atoms with Gasteiger partial charge in [-0.3, -0.25) is 14.3 Å². The Morgan fingerprint density at radius 3 is 1.87 bits per heavy atom. The molecule has 0 unspecified atom stereocenters. The highest BCUT2D eigenvalue weighted by Gasteiger charge is 2.57. The maximum Gasteiger partial charge on any atom is 0.407 e. The first kappa shape index (κ1) is 39.4. The molecule has 3 N–H and O–H groups in total. The van der Waals surface area contributed by atoms with E-state index in [4.69, 9.17) is 18.3 Å². The van der Waals surface area contributed by atoms with Crippen molar-refractivity contribution in [2.45, 2.75) is 121 Å². The molecule has 5 atom stereocenters. The summed E-state index contributed by atoms with van der Waals surface area (Å²) in [5.74, 6) is -1.53. The van der Waals surface area contributed by atoms with Crippen LogP contribution in [0.15, 0.2) is 64.3 Å². The highest BCUT2D eigenvalue weighted by Crippen LogP contribution is 2.46. The number of carboxylic acid groups (broad SMARTS) is 1. The molecule has 2 aliphatic rings. The Balaban J connectivity index is 1.59. The Kier molecular flexibility index (Phi) is 10.8. The molecule has 0 bridgehead atoms. The van der Waals surface area contributed by atoms with Crippen LogP contribution < -0.4 is 16.6 Å². The summed E-state index contributed by atoms with van der Waals surface area (Å²) in [5.41, 5.74) is 2.99. The number of hydrogen-bond acceptors (Lipinski definition) is 8. The maximum absolute atomic E-state index is 14.0. The van der Waals surface area contributed by atoms with E-state index in [1.165, 1.54) is 13.1 Å². The van der Waals surface area contributed by atoms with E-state index in [2.05, 4.69) is 31.1 Å². The van der Waals surface area contributed by atoms with Crippen molar-refractivity contribution in [1.82, 2.24) is 14.9 Å². The van der Waals surface area contributed by atoms with Gasteiger partial charge >= 0.3 is 17.8 Å². The molecule has 2 heterocycles. The molecule has 5 rings (SSSR count). The van der Waals surface area contributed by atoms with Gasteiger partial charge in [0, 0.05) is 17.7 Å². The summed E-state index contributed by atoms with van der Waals surface area (Å²) in [6.07, 6.45) is -4.79. The Labute approximate surface area is 307 Å². The van der Waals surface area contributed by atoms with Gasteiger partial charge in [-0.2, -0.15) is 0 Å². The van der Waals surface area contributed by atoms with Gasteiger partial charge in [-0.1, -0.05) is 90.1 Å². The number of aliphatic carboxylic acids is 1. The second-order valence-corrected chi connectivity index (χ2v) is 26.5. The summed E-state index contributed by atoms with van der Waals surface area (Å²) in [5, 5.41) is 12.9. The van der Waals surface area contributed by atoms with Gasteiger partial charge < -0.3 is 28.7 Å². The number of amides is 1. The zero-order valence-corrected chi connectivity index (χ0v) is 34.0. The number of fused-ring (bicyclic) bond motifs is 3. The van der Waals surface area contributed by atoms with Crippen LogP contribution in [0.4, 0.5) is 4.79 Å². The third kappa shape index (κ3) is 7.62. The number of H-pyrrole nitrogens is 1. The Morgan fingerprint density at radius 1 is 0.865 bits per heavy atom.